The van der Waals surface area contributed by atoms with Crippen LogP contribution in [-0.4, -0.2) is 24.3 Å². The fraction of sp³-hybridized carbons (Fsp3) is 0.400. The van der Waals surface area contributed by atoms with Crippen LogP contribution in [0.3, 0.4) is 0 Å². The summed E-state index contributed by atoms with van der Waals surface area (Å²) in [6, 6.07) is 15.0. The molecule has 0 aliphatic rings. The molecule has 0 aliphatic carbocycles. The van der Waals surface area contributed by atoms with Crippen LogP contribution in [0.5, 0.6) is 0 Å². The van der Waals surface area contributed by atoms with Crippen molar-refractivity contribution in [2.24, 2.45) is 0 Å². The van der Waals surface area contributed by atoms with Gasteiger partial charge in [-0.05, 0) is 0 Å². The fourth-order valence-electron chi connectivity index (χ4n) is 3.88. The van der Waals surface area contributed by atoms with Gasteiger partial charge in [-0.15, -0.1) is 0 Å². The molecular formula is C25H31N5Pt. The number of aryl methyl sites for hydroxylation is 3. The van der Waals surface area contributed by atoms with Crippen molar-refractivity contribution in [2.75, 3.05) is 0 Å². The Bertz CT molecular complexity index is 1220. The molecule has 3 aromatic heterocycles. The van der Waals surface area contributed by atoms with Crippen LogP contribution in [0.2, 0.25) is 0 Å². The number of nitrogens with one attached hydrogen (secondary N) is 1. The third-order valence-corrected chi connectivity index (χ3v) is 6.80. The zero-order chi connectivity index (χ0) is 22.0. The third-order valence-electron chi connectivity index (χ3n) is 5.68. The molecule has 6 heteroatoms. The van der Waals surface area contributed by atoms with E-state index in [4.69, 9.17) is 4.98 Å². The number of hydrogen-bond donors (Lipinski definition) is 1. The number of imidazole rings is 1. The van der Waals surface area contributed by atoms with Crippen molar-refractivity contribution >= 4 is 11.2 Å². The number of benzene rings is 1. The summed E-state index contributed by atoms with van der Waals surface area (Å²) in [6.07, 6.45) is 6.55. The Morgan fingerprint density at radius 3 is 2.48 bits per heavy atom. The number of hydrogen-bond acceptors (Lipinski definition) is 2. The van der Waals surface area contributed by atoms with Crippen LogP contribution in [0, 0.1) is 10.7 Å². The molecular weight excluding hydrogens is 565 g/mol. The standard InChI is InChI=1S/C25H31N5.Pt/c1-19-15-21(28-27-19)11-7-6-10-14-29-18-30(22-12-8-5-9-13-22)24-23(29)16-20(17-26-24)25(2,3)4;/h5,8-9,12-13,15-17H,6-7,10-11,14H2,1-4H3,(H,27,28);. The van der Waals surface area contributed by atoms with E-state index in [1.165, 1.54) is 27.0 Å². The fourth-order valence-corrected chi connectivity index (χ4v) is 4.94. The molecule has 1 N–H and O–H groups in total. The Morgan fingerprint density at radius 1 is 1.03 bits per heavy atom. The van der Waals surface area contributed by atoms with Crippen molar-refractivity contribution in [1.29, 1.82) is 0 Å². The first-order chi connectivity index (χ1) is 14.8. The second-order valence-corrected chi connectivity index (χ2v) is 10.2. The van der Waals surface area contributed by atoms with E-state index in [1.54, 1.807) is 0 Å². The molecule has 0 saturated carbocycles. The number of H-pyrrole nitrogens is 1. The summed E-state index contributed by atoms with van der Waals surface area (Å²) in [5, 5.41) is 7.39. The summed E-state index contributed by atoms with van der Waals surface area (Å²) >= 11 is 2.46. The Balaban J connectivity index is 1.61. The molecule has 0 aliphatic heterocycles. The summed E-state index contributed by atoms with van der Waals surface area (Å²) in [6.45, 7) is 9.78. The average molecular weight is 597 g/mol. The predicted octanol–water partition coefficient (Wildman–Crippen LogP) is 5.65. The molecule has 0 atom stereocenters. The van der Waals surface area contributed by atoms with Crippen LogP contribution in [0.15, 0.2) is 48.7 Å². The number of pyridine rings is 1. The van der Waals surface area contributed by atoms with Gasteiger partial charge in [0.2, 0.25) is 0 Å². The maximum atomic E-state index is 4.92. The summed E-state index contributed by atoms with van der Waals surface area (Å²) in [5.41, 5.74) is 7.03. The van der Waals surface area contributed by atoms with Crippen molar-refractivity contribution in [1.82, 2.24) is 24.3 Å². The van der Waals surface area contributed by atoms with Gasteiger partial charge in [0.25, 0.3) is 0 Å². The van der Waals surface area contributed by atoms with Gasteiger partial charge in [-0.3, -0.25) is 0 Å². The number of fused-ring (bicyclic) bond motifs is 1. The number of aromatic nitrogens is 5. The van der Waals surface area contributed by atoms with Gasteiger partial charge in [-0.25, -0.2) is 0 Å². The zero-order valence-corrected chi connectivity index (χ0v) is 21.0. The van der Waals surface area contributed by atoms with Crippen LogP contribution in [0.4, 0.5) is 0 Å². The minimum absolute atomic E-state index is 0.0706. The number of unbranched alkanes of at least 4 members (excludes halogenated alkanes) is 2. The topological polar surface area (TPSA) is 51.4 Å². The SMILES string of the molecule is Cc1cc(CCCCCn2[c](=[Pt])n(-c3ccccc3)c3ncc(C(C)(C)C)cc32)n[nH]1. The van der Waals surface area contributed by atoms with Crippen LogP contribution in [0.25, 0.3) is 16.9 Å². The van der Waals surface area contributed by atoms with E-state index in [2.05, 4.69) is 109 Å². The number of aromatic amines is 1. The van der Waals surface area contributed by atoms with Gasteiger partial charge in [0.15, 0.2) is 0 Å². The van der Waals surface area contributed by atoms with Gasteiger partial charge in [0, 0.05) is 0 Å². The average Bonchev–Trinajstić information content (AvgIpc) is 3.27. The van der Waals surface area contributed by atoms with Crippen molar-refractivity contribution in [3.8, 4) is 5.69 Å². The van der Waals surface area contributed by atoms with Crippen molar-refractivity contribution in [2.45, 2.75) is 65.3 Å². The van der Waals surface area contributed by atoms with Crippen molar-refractivity contribution in [3.05, 3.63) is 69.4 Å². The summed E-state index contributed by atoms with van der Waals surface area (Å²) in [5.74, 6) is 0. The Morgan fingerprint density at radius 2 is 1.81 bits per heavy atom. The van der Waals surface area contributed by atoms with Crippen molar-refractivity contribution < 1.29 is 19.4 Å². The molecule has 0 radical (unpaired) electrons. The van der Waals surface area contributed by atoms with Gasteiger partial charge >= 0.3 is 195 Å². The first-order valence-corrected chi connectivity index (χ1v) is 12.1. The normalized spacial score (nSPS) is 12.1. The van der Waals surface area contributed by atoms with Crippen LogP contribution in [0.1, 0.15) is 57.0 Å². The van der Waals surface area contributed by atoms with Crippen LogP contribution in [-0.2, 0) is 37.7 Å². The quantitative estimate of drug-likeness (QED) is 0.281. The second kappa shape index (κ2) is 9.08. The van der Waals surface area contributed by atoms with Gasteiger partial charge in [-0.1, -0.05) is 0 Å². The Hall–Kier alpha value is -2.26. The van der Waals surface area contributed by atoms with Crippen LogP contribution >= 0.6 is 0 Å². The van der Waals surface area contributed by atoms with E-state index in [1.807, 2.05) is 6.20 Å². The monoisotopic (exact) mass is 596 g/mol. The van der Waals surface area contributed by atoms with E-state index in [-0.39, 0.29) is 5.41 Å². The molecule has 166 valence electrons. The van der Waals surface area contributed by atoms with Gasteiger partial charge < -0.3 is 0 Å². The molecule has 5 nitrogen and oxygen atoms in total. The third kappa shape index (κ3) is 4.82. The molecule has 31 heavy (non-hydrogen) atoms. The zero-order valence-electron chi connectivity index (χ0n) is 18.8. The van der Waals surface area contributed by atoms with E-state index < -0.39 is 0 Å². The Labute approximate surface area is 194 Å². The van der Waals surface area contributed by atoms with E-state index in [9.17, 15) is 0 Å². The molecule has 0 spiro atoms. The van der Waals surface area contributed by atoms with E-state index in [0.29, 0.717) is 0 Å². The maximum absolute atomic E-state index is 4.92. The first-order valence-electron chi connectivity index (χ1n) is 11.0. The summed E-state index contributed by atoms with van der Waals surface area (Å²) in [7, 11) is 0. The second-order valence-electron chi connectivity index (χ2n) is 9.23. The van der Waals surface area contributed by atoms with Gasteiger partial charge in [0.05, 0.1) is 0 Å². The van der Waals surface area contributed by atoms with Crippen LogP contribution < -0.4 is 0 Å². The molecule has 0 unspecified atom stereocenters. The first kappa shape index (κ1) is 22.0. The minimum atomic E-state index is 0.0706. The number of para-hydroxylation sites is 1. The molecule has 3 heterocycles. The molecule has 4 rings (SSSR count). The molecule has 4 aromatic rings. The Kier molecular flexibility index (Phi) is 6.43. The van der Waals surface area contributed by atoms with E-state index in [0.717, 1.165) is 42.8 Å². The number of rotatable bonds is 7. The van der Waals surface area contributed by atoms with E-state index >= 15 is 0 Å². The molecule has 0 saturated heterocycles. The molecule has 1 aromatic carbocycles. The number of nitrogens with zero attached hydrogens (tertiary/aromatic N) is 4. The summed E-state index contributed by atoms with van der Waals surface area (Å²) in [4.78, 5) is 4.92. The molecule has 0 bridgehead atoms. The molecule has 0 amide bonds. The van der Waals surface area contributed by atoms with Gasteiger partial charge in [-0.2, -0.15) is 0 Å². The van der Waals surface area contributed by atoms with Gasteiger partial charge in [0.1, 0.15) is 0 Å². The molecule has 0 fully saturated rings. The predicted molar refractivity (Wildman–Crippen MR) is 122 cm³/mol. The van der Waals surface area contributed by atoms with Crippen molar-refractivity contribution in [3.63, 3.8) is 0 Å². The summed E-state index contributed by atoms with van der Waals surface area (Å²) < 4.78 is 5.91.